The normalized spacial score (nSPS) is 16.1. The SMILES string of the molecule is CC(ON=Cc1ccccc1OC(F)F)C(=O)N1CCC(Cc2ccccc2)CC1. The Labute approximate surface area is 175 Å². The Kier molecular flexibility index (Phi) is 7.76. The molecule has 1 saturated heterocycles. The lowest BCUT2D eigenvalue weighted by atomic mass is 9.90. The molecule has 30 heavy (non-hydrogen) atoms. The van der Waals surface area contributed by atoms with Crippen LogP contribution in [0.2, 0.25) is 0 Å². The molecule has 0 bridgehead atoms. The van der Waals surface area contributed by atoms with E-state index >= 15 is 0 Å². The summed E-state index contributed by atoms with van der Waals surface area (Å²) in [6.45, 7) is 0.0975. The maximum Gasteiger partial charge on any atom is 0.387 e. The quantitative estimate of drug-likeness (QED) is 0.470. The molecule has 1 atom stereocenters. The molecule has 160 valence electrons. The molecule has 0 saturated carbocycles. The van der Waals surface area contributed by atoms with Gasteiger partial charge in [0.05, 0.1) is 6.21 Å². The minimum absolute atomic E-state index is 0.000631. The Hall–Kier alpha value is -2.96. The molecule has 2 aromatic rings. The van der Waals surface area contributed by atoms with E-state index in [2.05, 4.69) is 22.0 Å². The second kappa shape index (κ2) is 10.7. The number of hydrogen-bond donors (Lipinski definition) is 0. The average Bonchev–Trinajstić information content (AvgIpc) is 2.75. The fourth-order valence-electron chi connectivity index (χ4n) is 3.58. The van der Waals surface area contributed by atoms with Crippen LogP contribution in [0.3, 0.4) is 0 Å². The molecule has 2 aromatic carbocycles. The zero-order valence-electron chi connectivity index (χ0n) is 16.9. The topological polar surface area (TPSA) is 51.1 Å². The van der Waals surface area contributed by atoms with Gasteiger partial charge in [0.1, 0.15) is 5.75 Å². The highest BCUT2D eigenvalue weighted by atomic mass is 19.3. The minimum Gasteiger partial charge on any atom is -0.434 e. The molecule has 0 aliphatic carbocycles. The molecule has 1 unspecified atom stereocenters. The molecule has 1 fully saturated rings. The molecule has 0 N–H and O–H groups in total. The van der Waals surface area contributed by atoms with Crippen LogP contribution in [0.15, 0.2) is 59.8 Å². The fourth-order valence-corrected chi connectivity index (χ4v) is 3.58. The minimum atomic E-state index is -2.93. The van der Waals surface area contributed by atoms with Crippen LogP contribution in [0.4, 0.5) is 8.78 Å². The Morgan fingerprint density at radius 3 is 2.50 bits per heavy atom. The zero-order chi connectivity index (χ0) is 21.3. The number of hydrogen-bond acceptors (Lipinski definition) is 4. The second-order valence-electron chi connectivity index (χ2n) is 7.36. The average molecular weight is 416 g/mol. The summed E-state index contributed by atoms with van der Waals surface area (Å²) in [4.78, 5) is 19.7. The van der Waals surface area contributed by atoms with Crippen LogP contribution in [0.25, 0.3) is 0 Å². The number of benzene rings is 2. The summed E-state index contributed by atoms with van der Waals surface area (Å²) in [5.74, 6) is 0.443. The molecule has 1 aliphatic rings. The number of piperidine rings is 1. The first kappa shape index (κ1) is 21.7. The van der Waals surface area contributed by atoms with Gasteiger partial charge in [0.25, 0.3) is 5.91 Å². The lowest BCUT2D eigenvalue weighted by molar-refractivity contribution is -0.144. The third-order valence-corrected chi connectivity index (χ3v) is 5.19. The fraction of sp³-hybridized carbons (Fsp3) is 0.391. The predicted octanol–water partition coefficient (Wildman–Crippen LogP) is 4.51. The number of alkyl halides is 2. The molecule has 0 aromatic heterocycles. The van der Waals surface area contributed by atoms with Crippen molar-refractivity contribution in [1.82, 2.24) is 4.90 Å². The first-order chi connectivity index (χ1) is 14.5. The van der Waals surface area contributed by atoms with Crippen molar-refractivity contribution in [2.45, 2.75) is 38.9 Å². The molecule has 3 rings (SSSR count). The van der Waals surface area contributed by atoms with Crippen molar-refractivity contribution in [2.75, 3.05) is 13.1 Å². The predicted molar refractivity (Wildman–Crippen MR) is 111 cm³/mol. The van der Waals surface area contributed by atoms with Gasteiger partial charge in [-0.2, -0.15) is 8.78 Å². The smallest absolute Gasteiger partial charge is 0.387 e. The van der Waals surface area contributed by atoms with Crippen molar-refractivity contribution in [3.05, 3.63) is 65.7 Å². The van der Waals surface area contributed by atoms with E-state index in [9.17, 15) is 13.6 Å². The van der Waals surface area contributed by atoms with E-state index in [-0.39, 0.29) is 11.7 Å². The number of halogens is 2. The summed E-state index contributed by atoms with van der Waals surface area (Å²) in [5.41, 5.74) is 1.67. The van der Waals surface area contributed by atoms with Crippen molar-refractivity contribution < 1.29 is 23.1 Å². The molecule has 1 heterocycles. The molecule has 0 radical (unpaired) electrons. The van der Waals surface area contributed by atoms with Crippen LogP contribution in [0.1, 0.15) is 30.9 Å². The summed E-state index contributed by atoms with van der Waals surface area (Å²) in [6, 6.07) is 16.6. The van der Waals surface area contributed by atoms with Crippen molar-refractivity contribution in [3.63, 3.8) is 0 Å². The number of carbonyl (C=O) groups is 1. The van der Waals surface area contributed by atoms with Gasteiger partial charge in [0.2, 0.25) is 6.10 Å². The summed E-state index contributed by atoms with van der Waals surface area (Å²) in [7, 11) is 0. The first-order valence-electron chi connectivity index (χ1n) is 10.1. The van der Waals surface area contributed by atoms with Crippen LogP contribution in [-0.2, 0) is 16.1 Å². The monoisotopic (exact) mass is 416 g/mol. The standard InChI is InChI=1S/C23H26F2N2O3/c1-17(30-26-16-20-9-5-6-10-21(20)29-23(24)25)22(28)27-13-11-19(12-14-27)15-18-7-3-2-4-8-18/h2-10,16-17,19,23H,11-15H2,1H3. The van der Waals surface area contributed by atoms with Crippen LogP contribution in [0, 0.1) is 5.92 Å². The number of likely N-dealkylation sites (tertiary alicyclic amines) is 1. The number of rotatable bonds is 8. The number of amides is 1. The van der Waals surface area contributed by atoms with Gasteiger partial charge in [0.15, 0.2) is 0 Å². The Morgan fingerprint density at radius 2 is 1.80 bits per heavy atom. The van der Waals surface area contributed by atoms with Crippen LogP contribution in [0.5, 0.6) is 5.75 Å². The van der Waals surface area contributed by atoms with Gasteiger partial charge >= 0.3 is 6.61 Å². The maximum absolute atomic E-state index is 12.6. The van der Waals surface area contributed by atoms with Crippen molar-refractivity contribution >= 4 is 12.1 Å². The third-order valence-electron chi connectivity index (χ3n) is 5.19. The molecule has 1 amide bonds. The Morgan fingerprint density at radius 1 is 1.13 bits per heavy atom. The van der Waals surface area contributed by atoms with E-state index in [0.717, 1.165) is 19.3 Å². The highest BCUT2D eigenvalue weighted by molar-refractivity contribution is 5.83. The highest BCUT2D eigenvalue weighted by Crippen LogP contribution is 2.22. The van der Waals surface area contributed by atoms with E-state index in [1.54, 1.807) is 30.0 Å². The maximum atomic E-state index is 12.6. The van der Waals surface area contributed by atoms with Gasteiger partial charge in [-0.3, -0.25) is 4.79 Å². The first-order valence-corrected chi connectivity index (χ1v) is 10.1. The largest absolute Gasteiger partial charge is 0.434 e. The summed E-state index contributed by atoms with van der Waals surface area (Å²) in [5, 5.41) is 3.80. The second-order valence-corrected chi connectivity index (χ2v) is 7.36. The molecule has 1 aliphatic heterocycles. The van der Waals surface area contributed by atoms with Crippen molar-refractivity contribution in [3.8, 4) is 5.75 Å². The summed E-state index contributed by atoms with van der Waals surface area (Å²) >= 11 is 0. The number of para-hydroxylation sites is 1. The molecular formula is C23H26F2N2O3. The van der Waals surface area contributed by atoms with Gasteiger partial charge in [-0.05, 0) is 49.8 Å². The van der Waals surface area contributed by atoms with E-state index in [1.165, 1.54) is 17.8 Å². The summed E-state index contributed by atoms with van der Waals surface area (Å²) < 4.78 is 29.4. The molecule has 5 nitrogen and oxygen atoms in total. The van der Waals surface area contributed by atoms with E-state index < -0.39 is 12.7 Å². The highest BCUT2D eigenvalue weighted by Gasteiger charge is 2.27. The molecular weight excluding hydrogens is 390 g/mol. The zero-order valence-corrected chi connectivity index (χ0v) is 16.9. The third kappa shape index (κ3) is 6.27. The number of carbonyl (C=O) groups excluding carboxylic acids is 1. The van der Waals surface area contributed by atoms with Crippen LogP contribution >= 0.6 is 0 Å². The van der Waals surface area contributed by atoms with Gasteiger partial charge in [0, 0.05) is 18.7 Å². The number of nitrogens with zero attached hydrogens (tertiary/aromatic N) is 2. The van der Waals surface area contributed by atoms with Gasteiger partial charge in [-0.1, -0.05) is 47.6 Å². The van der Waals surface area contributed by atoms with E-state index in [0.29, 0.717) is 24.6 Å². The Balaban J connectivity index is 1.47. The van der Waals surface area contributed by atoms with Gasteiger partial charge < -0.3 is 14.5 Å². The summed E-state index contributed by atoms with van der Waals surface area (Å²) in [6.07, 6.45) is 3.45. The van der Waals surface area contributed by atoms with Gasteiger partial charge in [-0.15, -0.1) is 0 Å². The molecule has 0 spiro atoms. The van der Waals surface area contributed by atoms with Gasteiger partial charge in [-0.25, -0.2) is 0 Å². The van der Waals surface area contributed by atoms with Crippen molar-refractivity contribution in [2.24, 2.45) is 11.1 Å². The van der Waals surface area contributed by atoms with Crippen molar-refractivity contribution in [1.29, 1.82) is 0 Å². The van der Waals surface area contributed by atoms with E-state index in [4.69, 9.17) is 4.84 Å². The lowest BCUT2D eigenvalue weighted by Gasteiger charge is -2.33. The van der Waals surface area contributed by atoms with Crippen LogP contribution in [-0.4, -0.2) is 42.8 Å². The number of ether oxygens (including phenoxy) is 1. The van der Waals surface area contributed by atoms with E-state index in [1.807, 2.05) is 18.2 Å². The number of oxime groups is 1. The molecule has 7 heteroatoms. The van der Waals surface area contributed by atoms with Crippen LogP contribution < -0.4 is 4.74 Å². The Bertz CT molecular complexity index is 837. The lowest BCUT2D eigenvalue weighted by Crippen LogP contribution is -2.43.